The molecule has 0 bridgehead atoms. The van der Waals surface area contributed by atoms with Crippen molar-refractivity contribution in [2.45, 2.75) is 58.0 Å². The van der Waals surface area contributed by atoms with Crippen LogP contribution in [0, 0.1) is 17.7 Å². The Kier molecular flexibility index (Phi) is 8.63. The summed E-state index contributed by atoms with van der Waals surface area (Å²) in [6.45, 7) is 11.1. The van der Waals surface area contributed by atoms with E-state index >= 15 is 4.39 Å². The number of rotatable bonds is 9. The van der Waals surface area contributed by atoms with Crippen molar-refractivity contribution < 1.29 is 13.6 Å². The van der Waals surface area contributed by atoms with Crippen molar-refractivity contribution in [3.63, 3.8) is 0 Å². The van der Waals surface area contributed by atoms with Crippen LogP contribution in [0.3, 0.4) is 0 Å². The van der Waals surface area contributed by atoms with E-state index in [4.69, 9.17) is 5.73 Å². The second-order valence-corrected chi connectivity index (χ2v) is 11.3. The van der Waals surface area contributed by atoms with Crippen LogP contribution < -0.4 is 5.73 Å². The van der Waals surface area contributed by atoms with Gasteiger partial charge in [-0.1, -0.05) is 18.7 Å². The SMILES string of the molecule is C=C(c1ccc(-c2ccc(CCC3CCN(CC(C)(C)F)CC3)cn2)cc1F)N1CCC(C(N)=O)CC1. The van der Waals surface area contributed by atoms with E-state index in [0.29, 0.717) is 49.7 Å². The molecule has 0 aliphatic carbocycles. The number of benzene rings is 1. The zero-order valence-electron chi connectivity index (χ0n) is 22.2. The standard InChI is InChI=1S/C30H40F2N4O/c1-21(36-16-12-24(13-17-36)29(33)37)26-8-7-25(18-27(26)31)28-9-6-23(19-34-28)5-4-22-10-14-35(15-11-22)20-30(2,3)32/h6-9,18-19,22,24H,1,4-5,10-17,20H2,2-3H3,(H2,33,37). The van der Waals surface area contributed by atoms with Crippen LogP contribution in [0.2, 0.25) is 0 Å². The van der Waals surface area contributed by atoms with Gasteiger partial charge in [0, 0.05) is 48.6 Å². The summed E-state index contributed by atoms with van der Waals surface area (Å²) in [7, 11) is 0. The van der Waals surface area contributed by atoms with Crippen LogP contribution in [0.5, 0.6) is 0 Å². The first kappa shape index (κ1) is 27.2. The van der Waals surface area contributed by atoms with Crippen molar-refractivity contribution in [3.05, 3.63) is 60.1 Å². The average Bonchev–Trinajstić information content (AvgIpc) is 2.87. The van der Waals surface area contributed by atoms with Crippen LogP contribution >= 0.6 is 0 Å². The van der Waals surface area contributed by atoms with E-state index in [1.165, 1.54) is 11.6 Å². The molecule has 2 aliphatic heterocycles. The molecule has 200 valence electrons. The zero-order valence-corrected chi connectivity index (χ0v) is 22.2. The minimum atomic E-state index is -1.14. The van der Waals surface area contributed by atoms with Crippen LogP contribution in [-0.2, 0) is 11.2 Å². The smallest absolute Gasteiger partial charge is 0.220 e. The van der Waals surface area contributed by atoms with Crippen molar-refractivity contribution >= 4 is 11.6 Å². The van der Waals surface area contributed by atoms with Gasteiger partial charge >= 0.3 is 0 Å². The van der Waals surface area contributed by atoms with Crippen molar-refractivity contribution in [1.82, 2.24) is 14.8 Å². The Morgan fingerprint density at radius 2 is 1.81 bits per heavy atom. The normalized spacial score (nSPS) is 18.2. The van der Waals surface area contributed by atoms with Gasteiger partial charge in [0.05, 0.1) is 5.69 Å². The molecule has 5 nitrogen and oxygen atoms in total. The molecular formula is C30H40F2N4O. The molecule has 0 atom stereocenters. The summed E-state index contributed by atoms with van der Waals surface area (Å²) in [6, 6.07) is 9.20. The molecule has 1 aromatic carbocycles. The lowest BCUT2D eigenvalue weighted by Crippen LogP contribution is -2.41. The Bertz CT molecular complexity index is 1080. The third kappa shape index (κ3) is 7.37. The highest BCUT2D eigenvalue weighted by Gasteiger charge is 2.26. The van der Waals surface area contributed by atoms with Crippen molar-refractivity contribution in [2.24, 2.45) is 17.6 Å². The highest BCUT2D eigenvalue weighted by Crippen LogP contribution is 2.29. The average molecular weight is 511 g/mol. The number of piperidine rings is 2. The van der Waals surface area contributed by atoms with Gasteiger partial charge in [0.25, 0.3) is 0 Å². The third-order valence-corrected chi connectivity index (χ3v) is 7.83. The Labute approximate surface area is 219 Å². The first-order chi connectivity index (χ1) is 17.6. The van der Waals surface area contributed by atoms with Crippen LogP contribution in [0.4, 0.5) is 8.78 Å². The predicted molar refractivity (Wildman–Crippen MR) is 145 cm³/mol. The minimum Gasteiger partial charge on any atom is -0.371 e. The maximum atomic E-state index is 15.1. The molecule has 2 fully saturated rings. The number of likely N-dealkylation sites (tertiary alicyclic amines) is 2. The molecule has 0 spiro atoms. The zero-order chi connectivity index (χ0) is 26.6. The molecule has 2 saturated heterocycles. The number of hydrogen-bond donors (Lipinski definition) is 1. The fourth-order valence-corrected chi connectivity index (χ4v) is 5.59. The number of nitrogens with two attached hydrogens (primary N) is 1. The number of aryl methyl sites for hydroxylation is 1. The molecular weight excluding hydrogens is 470 g/mol. The maximum Gasteiger partial charge on any atom is 0.220 e. The number of amides is 1. The summed E-state index contributed by atoms with van der Waals surface area (Å²) in [5, 5.41) is 0. The number of carbonyl (C=O) groups is 1. The molecule has 4 rings (SSSR count). The molecule has 2 aromatic rings. The van der Waals surface area contributed by atoms with Crippen LogP contribution in [0.15, 0.2) is 43.1 Å². The van der Waals surface area contributed by atoms with Gasteiger partial charge in [-0.05, 0) is 95.1 Å². The van der Waals surface area contributed by atoms with Crippen molar-refractivity contribution in [1.29, 1.82) is 0 Å². The molecule has 3 heterocycles. The third-order valence-electron chi connectivity index (χ3n) is 7.83. The first-order valence-electron chi connectivity index (χ1n) is 13.5. The van der Waals surface area contributed by atoms with Crippen LogP contribution in [0.1, 0.15) is 57.1 Å². The molecule has 0 saturated carbocycles. The van der Waals surface area contributed by atoms with E-state index < -0.39 is 5.67 Å². The second-order valence-electron chi connectivity index (χ2n) is 11.3. The Hall–Kier alpha value is -2.80. The number of halogens is 2. The highest BCUT2D eigenvalue weighted by atomic mass is 19.1. The van der Waals surface area contributed by atoms with Gasteiger partial charge in [0.15, 0.2) is 0 Å². The molecule has 7 heteroatoms. The maximum absolute atomic E-state index is 15.1. The van der Waals surface area contributed by atoms with Gasteiger partial charge in [-0.3, -0.25) is 9.78 Å². The topological polar surface area (TPSA) is 62.5 Å². The van der Waals surface area contributed by atoms with Gasteiger partial charge in [0.1, 0.15) is 11.5 Å². The fraction of sp³-hybridized carbons (Fsp3) is 0.533. The summed E-state index contributed by atoms with van der Waals surface area (Å²) in [5.41, 5.74) is 8.04. The molecule has 0 radical (unpaired) electrons. The number of hydrogen-bond acceptors (Lipinski definition) is 4. The molecule has 0 unspecified atom stereocenters. The van der Waals surface area contributed by atoms with Crippen LogP contribution in [0.25, 0.3) is 17.0 Å². The number of nitrogens with zero attached hydrogens (tertiary/aromatic N) is 3. The monoisotopic (exact) mass is 510 g/mol. The fourth-order valence-electron chi connectivity index (χ4n) is 5.59. The van der Waals surface area contributed by atoms with Gasteiger partial charge in [0.2, 0.25) is 5.91 Å². The summed E-state index contributed by atoms with van der Waals surface area (Å²) < 4.78 is 29.0. The van der Waals surface area contributed by atoms with Crippen LogP contribution in [-0.4, -0.2) is 59.1 Å². The number of primary amides is 1. The lowest BCUT2D eigenvalue weighted by atomic mass is 9.90. The molecule has 2 N–H and O–H groups in total. The Balaban J connectivity index is 1.29. The van der Waals surface area contributed by atoms with Crippen molar-refractivity contribution in [3.8, 4) is 11.3 Å². The number of pyridine rings is 1. The van der Waals surface area contributed by atoms with E-state index in [0.717, 1.165) is 50.0 Å². The number of alkyl halides is 1. The van der Waals surface area contributed by atoms with Gasteiger partial charge in [-0.25, -0.2) is 8.78 Å². The van der Waals surface area contributed by atoms with E-state index in [1.54, 1.807) is 19.9 Å². The van der Waals surface area contributed by atoms with Gasteiger partial charge in [-0.15, -0.1) is 0 Å². The first-order valence-corrected chi connectivity index (χ1v) is 13.5. The number of aromatic nitrogens is 1. The summed E-state index contributed by atoms with van der Waals surface area (Å²) in [6.07, 6.45) is 7.52. The lowest BCUT2D eigenvalue weighted by Gasteiger charge is -2.34. The predicted octanol–water partition coefficient (Wildman–Crippen LogP) is 5.45. The Morgan fingerprint density at radius 1 is 1.11 bits per heavy atom. The van der Waals surface area contributed by atoms with Crippen molar-refractivity contribution in [2.75, 3.05) is 32.7 Å². The summed E-state index contributed by atoms with van der Waals surface area (Å²) in [5.74, 6) is -0.0414. The van der Waals surface area contributed by atoms with E-state index in [9.17, 15) is 9.18 Å². The molecule has 37 heavy (non-hydrogen) atoms. The van der Waals surface area contributed by atoms with E-state index in [2.05, 4.69) is 22.5 Å². The number of carbonyl (C=O) groups excluding carboxylic acids is 1. The highest BCUT2D eigenvalue weighted by molar-refractivity contribution is 5.77. The quantitative estimate of drug-likeness (QED) is 0.487. The lowest BCUT2D eigenvalue weighted by molar-refractivity contribution is -0.122. The molecule has 2 aliphatic rings. The molecule has 1 aromatic heterocycles. The summed E-state index contributed by atoms with van der Waals surface area (Å²) >= 11 is 0. The minimum absolute atomic E-state index is 0.113. The summed E-state index contributed by atoms with van der Waals surface area (Å²) in [4.78, 5) is 20.3. The van der Waals surface area contributed by atoms with Gasteiger partial charge in [-0.2, -0.15) is 0 Å². The van der Waals surface area contributed by atoms with E-state index in [-0.39, 0.29) is 17.6 Å². The van der Waals surface area contributed by atoms with Gasteiger partial charge < -0.3 is 15.5 Å². The molecule has 1 amide bonds. The van der Waals surface area contributed by atoms with E-state index in [1.807, 2.05) is 23.2 Å². The largest absolute Gasteiger partial charge is 0.371 e. The Morgan fingerprint density at radius 3 is 2.38 bits per heavy atom. The second kappa shape index (κ2) is 11.7.